The zero-order valence-corrected chi connectivity index (χ0v) is 16.8. The van der Waals surface area contributed by atoms with Gasteiger partial charge in [0, 0.05) is 5.39 Å². The number of aromatic nitrogens is 1. The number of ether oxygens (including phenoxy) is 1. The summed E-state index contributed by atoms with van der Waals surface area (Å²) in [5.41, 5.74) is 3.34. The standard InChI is InChI=1S/C26H18N2O3/c1-31-19-14-12-18(13-15-19)28-25(29)23-20-9-5-6-10-21(20)27-22(24(23)26(28)30)16-11-17-7-3-2-4-8-17/h2-16H,1H3/b16-11+. The van der Waals surface area contributed by atoms with Crippen LogP contribution in [0.25, 0.3) is 23.1 Å². The van der Waals surface area contributed by atoms with Crippen molar-refractivity contribution in [2.75, 3.05) is 12.0 Å². The maximum atomic E-state index is 13.4. The summed E-state index contributed by atoms with van der Waals surface area (Å²) in [5, 5.41) is 0.670. The minimum atomic E-state index is -0.379. The Bertz CT molecular complexity index is 1340. The Hall–Kier alpha value is -4.25. The van der Waals surface area contributed by atoms with Gasteiger partial charge in [-0.3, -0.25) is 9.59 Å². The third-order valence-corrected chi connectivity index (χ3v) is 5.32. The first-order valence-electron chi connectivity index (χ1n) is 9.86. The zero-order valence-electron chi connectivity index (χ0n) is 16.8. The van der Waals surface area contributed by atoms with Crippen LogP contribution in [0.15, 0.2) is 78.9 Å². The number of methoxy groups -OCH3 is 1. The first-order chi connectivity index (χ1) is 15.2. The van der Waals surface area contributed by atoms with Crippen LogP contribution in [-0.4, -0.2) is 23.9 Å². The smallest absolute Gasteiger partial charge is 0.268 e. The monoisotopic (exact) mass is 406 g/mol. The summed E-state index contributed by atoms with van der Waals surface area (Å²) in [4.78, 5) is 32.8. The topological polar surface area (TPSA) is 59.5 Å². The van der Waals surface area contributed by atoms with Gasteiger partial charge >= 0.3 is 0 Å². The Morgan fingerprint density at radius 3 is 2.19 bits per heavy atom. The molecule has 0 fully saturated rings. The van der Waals surface area contributed by atoms with Gasteiger partial charge in [-0.2, -0.15) is 0 Å². The van der Waals surface area contributed by atoms with Crippen LogP contribution >= 0.6 is 0 Å². The number of rotatable bonds is 4. The van der Waals surface area contributed by atoms with Gasteiger partial charge in [0.2, 0.25) is 0 Å². The second-order valence-corrected chi connectivity index (χ2v) is 7.15. The molecule has 0 radical (unpaired) electrons. The number of benzene rings is 3. The molecule has 0 atom stereocenters. The van der Waals surface area contributed by atoms with Gasteiger partial charge in [0.25, 0.3) is 11.8 Å². The third kappa shape index (κ3) is 3.16. The van der Waals surface area contributed by atoms with Crippen LogP contribution in [0.1, 0.15) is 32.0 Å². The highest BCUT2D eigenvalue weighted by molar-refractivity contribution is 6.38. The molecule has 5 heteroatoms. The lowest BCUT2D eigenvalue weighted by atomic mass is 10.0. The molecule has 0 saturated carbocycles. The molecule has 0 aliphatic carbocycles. The molecule has 0 unspecified atom stereocenters. The maximum absolute atomic E-state index is 13.4. The predicted octanol–water partition coefficient (Wildman–Crippen LogP) is 5.21. The quantitative estimate of drug-likeness (QED) is 0.436. The number of fused-ring (bicyclic) bond motifs is 3. The minimum absolute atomic E-state index is 0.326. The van der Waals surface area contributed by atoms with Crippen molar-refractivity contribution in [1.82, 2.24) is 4.98 Å². The number of hydrogen-bond acceptors (Lipinski definition) is 4. The van der Waals surface area contributed by atoms with Crippen molar-refractivity contribution >= 4 is 40.6 Å². The van der Waals surface area contributed by atoms with E-state index in [1.807, 2.05) is 60.7 Å². The summed E-state index contributed by atoms with van der Waals surface area (Å²) in [5.74, 6) is -0.0757. The molecule has 0 N–H and O–H groups in total. The van der Waals surface area contributed by atoms with Gasteiger partial charge in [0.05, 0.1) is 35.1 Å². The van der Waals surface area contributed by atoms with Gasteiger partial charge in [0.15, 0.2) is 0 Å². The number of imide groups is 1. The Morgan fingerprint density at radius 1 is 0.774 bits per heavy atom. The average molecular weight is 406 g/mol. The van der Waals surface area contributed by atoms with Crippen LogP contribution in [0, 0.1) is 0 Å². The van der Waals surface area contributed by atoms with Crippen molar-refractivity contribution in [3.05, 3.63) is 101 Å². The van der Waals surface area contributed by atoms with Gasteiger partial charge in [-0.15, -0.1) is 0 Å². The second-order valence-electron chi connectivity index (χ2n) is 7.15. The number of para-hydroxylation sites is 1. The summed E-state index contributed by atoms with van der Waals surface area (Å²) in [6.45, 7) is 0. The maximum Gasteiger partial charge on any atom is 0.268 e. The lowest BCUT2D eigenvalue weighted by molar-refractivity contribution is 0.0926. The SMILES string of the molecule is COc1ccc(N2C(=O)c3c(/C=C/c4ccccc4)nc4ccccc4c3C2=O)cc1. The van der Waals surface area contributed by atoms with E-state index in [2.05, 4.69) is 0 Å². The lowest BCUT2D eigenvalue weighted by Crippen LogP contribution is -2.29. The van der Waals surface area contributed by atoms with Crippen molar-refractivity contribution in [1.29, 1.82) is 0 Å². The Kier molecular flexibility index (Phi) is 4.56. The molecular weight excluding hydrogens is 388 g/mol. The zero-order chi connectivity index (χ0) is 21.4. The van der Waals surface area contributed by atoms with E-state index in [0.29, 0.717) is 39.2 Å². The molecular formula is C26H18N2O3. The highest BCUT2D eigenvalue weighted by atomic mass is 16.5. The highest BCUT2D eigenvalue weighted by Gasteiger charge is 2.40. The number of carbonyl (C=O) groups excluding carboxylic acids is 2. The van der Waals surface area contributed by atoms with Crippen molar-refractivity contribution in [2.24, 2.45) is 0 Å². The van der Waals surface area contributed by atoms with E-state index in [-0.39, 0.29) is 11.8 Å². The Labute approximate surface area is 179 Å². The Morgan fingerprint density at radius 2 is 1.45 bits per heavy atom. The number of anilines is 1. The first kappa shape index (κ1) is 18.8. The van der Waals surface area contributed by atoms with Crippen molar-refractivity contribution in [3.63, 3.8) is 0 Å². The molecule has 5 nitrogen and oxygen atoms in total. The van der Waals surface area contributed by atoms with Gasteiger partial charge in [0.1, 0.15) is 5.75 Å². The van der Waals surface area contributed by atoms with Gasteiger partial charge in [-0.05, 0) is 42.0 Å². The first-order valence-corrected chi connectivity index (χ1v) is 9.86. The van der Waals surface area contributed by atoms with Crippen LogP contribution in [-0.2, 0) is 0 Å². The number of nitrogens with zero attached hydrogens (tertiary/aromatic N) is 2. The fraction of sp³-hybridized carbons (Fsp3) is 0.0385. The van der Waals surface area contributed by atoms with Crippen molar-refractivity contribution in [3.8, 4) is 5.75 Å². The number of pyridine rings is 1. The van der Waals surface area contributed by atoms with Crippen molar-refractivity contribution in [2.45, 2.75) is 0 Å². The number of carbonyl (C=O) groups is 2. The molecule has 0 bridgehead atoms. The van der Waals surface area contributed by atoms with E-state index in [9.17, 15) is 9.59 Å². The van der Waals surface area contributed by atoms with Crippen LogP contribution in [0.3, 0.4) is 0 Å². The van der Waals surface area contributed by atoms with Gasteiger partial charge < -0.3 is 4.74 Å². The van der Waals surface area contributed by atoms with E-state index in [0.717, 1.165) is 5.56 Å². The summed E-state index contributed by atoms with van der Waals surface area (Å²) in [7, 11) is 1.57. The molecule has 31 heavy (non-hydrogen) atoms. The van der Waals surface area contributed by atoms with Gasteiger partial charge in [-0.1, -0.05) is 54.6 Å². The predicted molar refractivity (Wildman–Crippen MR) is 121 cm³/mol. The molecule has 150 valence electrons. The number of hydrogen-bond donors (Lipinski definition) is 0. The molecule has 2 amide bonds. The summed E-state index contributed by atoms with van der Waals surface area (Å²) >= 11 is 0. The van der Waals surface area contributed by atoms with Crippen LogP contribution in [0.5, 0.6) is 5.75 Å². The van der Waals surface area contributed by atoms with E-state index >= 15 is 0 Å². The summed E-state index contributed by atoms with van der Waals surface area (Å²) in [6, 6.07) is 24.0. The second kappa shape index (κ2) is 7.54. The normalized spacial score (nSPS) is 13.3. The molecule has 1 aliphatic heterocycles. The summed E-state index contributed by atoms with van der Waals surface area (Å²) in [6.07, 6.45) is 3.69. The van der Waals surface area contributed by atoms with E-state index in [4.69, 9.17) is 9.72 Å². The van der Waals surface area contributed by atoms with E-state index < -0.39 is 0 Å². The lowest BCUT2D eigenvalue weighted by Gasteiger charge is -2.14. The molecule has 2 heterocycles. The fourth-order valence-corrected chi connectivity index (χ4v) is 3.81. The minimum Gasteiger partial charge on any atom is -0.497 e. The number of amides is 2. The highest BCUT2D eigenvalue weighted by Crippen LogP contribution is 2.35. The fourth-order valence-electron chi connectivity index (χ4n) is 3.81. The molecule has 5 rings (SSSR count). The molecule has 0 saturated heterocycles. The molecule has 1 aliphatic rings. The molecule has 0 spiro atoms. The third-order valence-electron chi connectivity index (χ3n) is 5.32. The van der Waals surface area contributed by atoms with Crippen molar-refractivity contribution < 1.29 is 14.3 Å². The van der Waals surface area contributed by atoms with Gasteiger partial charge in [-0.25, -0.2) is 9.88 Å². The van der Waals surface area contributed by atoms with Crippen LogP contribution in [0.4, 0.5) is 5.69 Å². The molecule has 1 aromatic heterocycles. The van der Waals surface area contributed by atoms with Crippen LogP contribution in [0.2, 0.25) is 0 Å². The summed E-state index contributed by atoms with van der Waals surface area (Å²) < 4.78 is 5.19. The average Bonchev–Trinajstić information content (AvgIpc) is 3.09. The van der Waals surface area contributed by atoms with E-state index in [1.165, 1.54) is 4.90 Å². The largest absolute Gasteiger partial charge is 0.497 e. The Balaban J connectivity index is 1.68. The van der Waals surface area contributed by atoms with Crippen LogP contribution < -0.4 is 9.64 Å². The molecule has 4 aromatic rings. The molecule has 3 aromatic carbocycles. The van der Waals surface area contributed by atoms with E-state index in [1.54, 1.807) is 37.5 Å².